The SMILES string of the molecule is Cc1cc(C(N)CCc2ccc(C(F)(F)F)cc2)ccc1F. The van der Waals surface area contributed by atoms with E-state index in [1.165, 1.54) is 18.2 Å². The lowest BCUT2D eigenvalue weighted by Crippen LogP contribution is -2.12. The lowest BCUT2D eigenvalue weighted by Gasteiger charge is -2.13. The minimum Gasteiger partial charge on any atom is -0.324 e. The van der Waals surface area contributed by atoms with Gasteiger partial charge in [-0.3, -0.25) is 0 Å². The summed E-state index contributed by atoms with van der Waals surface area (Å²) in [6.45, 7) is 1.67. The number of alkyl halides is 3. The van der Waals surface area contributed by atoms with E-state index in [2.05, 4.69) is 0 Å². The molecule has 0 spiro atoms. The van der Waals surface area contributed by atoms with Gasteiger partial charge in [-0.05, 0) is 54.7 Å². The van der Waals surface area contributed by atoms with E-state index < -0.39 is 11.7 Å². The molecule has 0 amide bonds. The van der Waals surface area contributed by atoms with Crippen molar-refractivity contribution in [2.75, 3.05) is 0 Å². The van der Waals surface area contributed by atoms with E-state index in [0.717, 1.165) is 23.3 Å². The van der Waals surface area contributed by atoms with Crippen LogP contribution >= 0.6 is 0 Å². The van der Waals surface area contributed by atoms with E-state index >= 15 is 0 Å². The summed E-state index contributed by atoms with van der Waals surface area (Å²) >= 11 is 0. The van der Waals surface area contributed by atoms with Crippen molar-refractivity contribution in [2.24, 2.45) is 5.73 Å². The van der Waals surface area contributed by atoms with Gasteiger partial charge in [0.25, 0.3) is 0 Å². The van der Waals surface area contributed by atoms with Crippen LogP contribution in [-0.4, -0.2) is 0 Å². The molecule has 2 rings (SSSR count). The molecule has 0 saturated carbocycles. The molecule has 2 aromatic rings. The predicted octanol–water partition coefficient (Wildman–Crippen LogP) is 4.79. The molecular formula is C17H17F4N. The normalized spacial score (nSPS) is 13.2. The van der Waals surface area contributed by atoms with E-state index in [4.69, 9.17) is 5.73 Å². The maximum Gasteiger partial charge on any atom is 0.416 e. The molecule has 0 radical (unpaired) electrons. The third kappa shape index (κ3) is 4.07. The van der Waals surface area contributed by atoms with Gasteiger partial charge in [0, 0.05) is 6.04 Å². The highest BCUT2D eigenvalue weighted by molar-refractivity contribution is 5.27. The number of rotatable bonds is 4. The van der Waals surface area contributed by atoms with Crippen LogP contribution in [0.1, 0.15) is 34.7 Å². The van der Waals surface area contributed by atoms with Crippen LogP contribution in [-0.2, 0) is 12.6 Å². The van der Waals surface area contributed by atoms with Gasteiger partial charge in [0.1, 0.15) is 5.82 Å². The van der Waals surface area contributed by atoms with Gasteiger partial charge in [-0.1, -0.05) is 24.3 Å². The molecule has 118 valence electrons. The fourth-order valence-electron chi connectivity index (χ4n) is 2.25. The summed E-state index contributed by atoms with van der Waals surface area (Å²) in [5.41, 5.74) is 7.55. The average molecular weight is 311 g/mol. The summed E-state index contributed by atoms with van der Waals surface area (Å²) in [6.07, 6.45) is -3.17. The monoisotopic (exact) mass is 311 g/mol. The number of hydrogen-bond acceptors (Lipinski definition) is 1. The van der Waals surface area contributed by atoms with Gasteiger partial charge in [-0.2, -0.15) is 13.2 Å². The first kappa shape index (κ1) is 16.5. The van der Waals surface area contributed by atoms with E-state index in [0.29, 0.717) is 18.4 Å². The van der Waals surface area contributed by atoms with Crippen molar-refractivity contribution in [3.05, 3.63) is 70.5 Å². The van der Waals surface area contributed by atoms with E-state index in [1.54, 1.807) is 19.1 Å². The zero-order valence-electron chi connectivity index (χ0n) is 12.1. The van der Waals surface area contributed by atoms with E-state index in [-0.39, 0.29) is 11.9 Å². The Morgan fingerprint density at radius 1 is 1.05 bits per heavy atom. The summed E-state index contributed by atoms with van der Waals surface area (Å²) in [5.74, 6) is -0.279. The molecule has 1 unspecified atom stereocenters. The smallest absolute Gasteiger partial charge is 0.324 e. The van der Waals surface area contributed by atoms with Crippen molar-refractivity contribution < 1.29 is 17.6 Å². The molecule has 0 fully saturated rings. The maximum absolute atomic E-state index is 13.2. The molecule has 1 nitrogen and oxygen atoms in total. The molecule has 2 N–H and O–H groups in total. The second-order valence-corrected chi connectivity index (χ2v) is 5.35. The van der Waals surface area contributed by atoms with Gasteiger partial charge in [-0.25, -0.2) is 4.39 Å². The lowest BCUT2D eigenvalue weighted by molar-refractivity contribution is -0.137. The van der Waals surface area contributed by atoms with Gasteiger partial charge in [0.15, 0.2) is 0 Å². The van der Waals surface area contributed by atoms with Crippen molar-refractivity contribution in [3.8, 4) is 0 Å². The van der Waals surface area contributed by atoms with Crippen molar-refractivity contribution in [3.63, 3.8) is 0 Å². The molecular weight excluding hydrogens is 294 g/mol. The maximum atomic E-state index is 13.2. The van der Waals surface area contributed by atoms with Crippen LogP contribution in [0.2, 0.25) is 0 Å². The van der Waals surface area contributed by atoms with Gasteiger partial charge >= 0.3 is 6.18 Å². The topological polar surface area (TPSA) is 26.0 Å². The minimum atomic E-state index is -4.32. The fraction of sp³-hybridized carbons (Fsp3) is 0.294. The quantitative estimate of drug-likeness (QED) is 0.808. The number of aryl methyl sites for hydroxylation is 2. The van der Waals surface area contributed by atoms with Crippen LogP contribution in [0.15, 0.2) is 42.5 Å². The van der Waals surface area contributed by atoms with Crippen LogP contribution in [0, 0.1) is 12.7 Å². The van der Waals surface area contributed by atoms with E-state index in [1.807, 2.05) is 0 Å². The third-order valence-electron chi connectivity index (χ3n) is 3.64. The third-order valence-corrected chi connectivity index (χ3v) is 3.64. The zero-order valence-corrected chi connectivity index (χ0v) is 12.1. The Hall–Kier alpha value is -1.88. The fourth-order valence-corrected chi connectivity index (χ4v) is 2.25. The summed E-state index contributed by atoms with van der Waals surface area (Å²) in [7, 11) is 0. The highest BCUT2D eigenvalue weighted by atomic mass is 19.4. The van der Waals surface area contributed by atoms with Crippen molar-refractivity contribution in [2.45, 2.75) is 32.0 Å². The molecule has 0 aliphatic rings. The molecule has 0 aliphatic carbocycles. The van der Waals surface area contributed by atoms with Crippen LogP contribution in [0.25, 0.3) is 0 Å². The first-order valence-corrected chi connectivity index (χ1v) is 6.95. The molecule has 1 atom stereocenters. The van der Waals surface area contributed by atoms with Crippen LogP contribution in [0.3, 0.4) is 0 Å². The Kier molecular flexibility index (Phi) is 4.86. The van der Waals surface area contributed by atoms with Crippen molar-refractivity contribution in [1.29, 1.82) is 0 Å². The predicted molar refractivity (Wildman–Crippen MR) is 77.8 cm³/mol. The molecule has 0 aliphatic heterocycles. The average Bonchev–Trinajstić information content (AvgIpc) is 2.47. The van der Waals surface area contributed by atoms with Gasteiger partial charge in [-0.15, -0.1) is 0 Å². The molecule has 0 saturated heterocycles. The summed E-state index contributed by atoms with van der Waals surface area (Å²) in [5, 5.41) is 0. The van der Waals surface area contributed by atoms with Crippen LogP contribution in [0.4, 0.5) is 17.6 Å². The molecule has 22 heavy (non-hydrogen) atoms. The Labute approximate surface area is 126 Å². The second-order valence-electron chi connectivity index (χ2n) is 5.35. The van der Waals surface area contributed by atoms with Gasteiger partial charge < -0.3 is 5.73 Å². The number of hydrogen-bond donors (Lipinski definition) is 1. The lowest BCUT2D eigenvalue weighted by atomic mass is 9.98. The standard InChI is InChI=1S/C17H17F4N/c1-11-10-13(5-8-15(11)18)16(22)9-4-12-2-6-14(7-3-12)17(19,20)21/h2-3,5-8,10,16H,4,9,22H2,1H3. The molecule has 2 aromatic carbocycles. The van der Waals surface area contributed by atoms with Crippen LogP contribution < -0.4 is 5.73 Å². The molecule has 0 heterocycles. The second kappa shape index (κ2) is 6.48. The summed E-state index contributed by atoms with van der Waals surface area (Å²) in [6, 6.07) is 9.51. The highest BCUT2D eigenvalue weighted by Crippen LogP contribution is 2.29. The Bertz CT molecular complexity index is 632. The van der Waals surface area contributed by atoms with Gasteiger partial charge in [0.05, 0.1) is 5.56 Å². The van der Waals surface area contributed by atoms with Crippen LogP contribution in [0.5, 0.6) is 0 Å². The van der Waals surface area contributed by atoms with Crippen molar-refractivity contribution in [1.82, 2.24) is 0 Å². The number of benzene rings is 2. The van der Waals surface area contributed by atoms with E-state index in [9.17, 15) is 17.6 Å². The van der Waals surface area contributed by atoms with Crippen molar-refractivity contribution >= 4 is 0 Å². The first-order chi connectivity index (χ1) is 10.3. The Balaban J connectivity index is 1.98. The summed E-state index contributed by atoms with van der Waals surface area (Å²) in [4.78, 5) is 0. The number of nitrogens with two attached hydrogens (primary N) is 1. The molecule has 0 aromatic heterocycles. The zero-order chi connectivity index (χ0) is 16.3. The number of halogens is 4. The Morgan fingerprint density at radius 2 is 1.68 bits per heavy atom. The Morgan fingerprint density at radius 3 is 2.23 bits per heavy atom. The largest absolute Gasteiger partial charge is 0.416 e. The molecule has 0 bridgehead atoms. The van der Waals surface area contributed by atoms with Gasteiger partial charge in [0.2, 0.25) is 0 Å². The first-order valence-electron chi connectivity index (χ1n) is 6.95. The highest BCUT2D eigenvalue weighted by Gasteiger charge is 2.29. The minimum absolute atomic E-state index is 0.276. The molecule has 5 heteroatoms. The summed E-state index contributed by atoms with van der Waals surface area (Å²) < 4.78 is 50.6.